The lowest BCUT2D eigenvalue weighted by Gasteiger charge is -2.18. The molecule has 2 aromatic carbocycles. The third kappa shape index (κ3) is 6.69. The van der Waals surface area contributed by atoms with Gasteiger partial charge in [-0.25, -0.2) is 4.98 Å². The first-order valence-electron chi connectivity index (χ1n) is 10.7. The van der Waals surface area contributed by atoms with Crippen LogP contribution >= 0.6 is 22.9 Å². The van der Waals surface area contributed by atoms with Crippen LogP contribution in [0.4, 0.5) is 18.3 Å². The Kier molecular flexibility index (Phi) is 8.70. The maximum atomic E-state index is 12.9. The second-order valence-electron chi connectivity index (χ2n) is 7.86. The predicted molar refractivity (Wildman–Crippen MR) is 130 cm³/mol. The fourth-order valence-corrected chi connectivity index (χ4v) is 4.86. The highest BCUT2D eigenvalue weighted by Gasteiger charge is 2.31. The van der Waals surface area contributed by atoms with Gasteiger partial charge >= 0.3 is 6.18 Å². The minimum absolute atomic E-state index is 0.0212. The van der Waals surface area contributed by atoms with Crippen molar-refractivity contribution in [3.63, 3.8) is 0 Å². The van der Waals surface area contributed by atoms with Crippen LogP contribution in [0.1, 0.15) is 34.8 Å². The van der Waals surface area contributed by atoms with Gasteiger partial charge in [0.15, 0.2) is 5.13 Å². The van der Waals surface area contributed by atoms with Crippen LogP contribution in [0.25, 0.3) is 10.2 Å². The molecule has 1 aliphatic heterocycles. The van der Waals surface area contributed by atoms with Gasteiger partial charge in [-0.1, -0.05) is 22.9 Å². The molecule has 2 heterocycles. The number of aldehydes is 1. The topological polar surface area (TPSA) is 94.6 Å². The first-order chi connectivity index (χ1) is 16.5. The van der Waals surface area contributed by atoms with E-state index in [1.807, 2.05) is 7.05 Å². The number of rotatable bonds is 5. The van der Waals surface area contributed by atoms with E-state index in [2.05, 4.69) is 20.5 Å². The van der Waals surface area contributed by atoms with Gasteiger partial charge in [-0.3, -0.25) is 15.0 Å². The summed E-state index contributed by atoms with van der Waals surface area (Å²) in [6, 6.07) is 6.54. The summed E-state index contributed by atoms with van der Waals surface area (Å²) in [5.41, 5.74) is 0.0547. The molecule has 7 nitrogen and oxygen atoms in total. The molecule has 12 heteroatoms. The smallest absolute Gasteiger partial charge is 0.416 e. The molecule has 1 aliphatic rings. The molecule has 0 aliphatic carbocycles. The van der Waals surface area contributed by atoms with Crippen LogP contribution in [-0.4, -0.2) is 53.4 Å². The number of nitrogens with one attached hydrogen (secondary N) is 2. The van der Waals surface area contributed by atoms with E-state index < -0.39 is 17.6 Å². The van der Waals surface area contributed by atoms with Crippen molar-refractivity contribution in [3.8, 4) is 5.75 Å². The molecule has 1 fully saturated rings. The molecule has 0 spiro atoms. The normalized spacial score (nSPS) is 16.1. The van der Waals surface area contributed by atoms with Crippen molar-refractivity contribution in [2.75, 3.05) is 25.5 Å². The van der Waals surface area contributed by atoms with Crippen LogP contribution in [0.15, 0.2) is 30.3 Å². The molecule has 3 N–H and O–H groups in total. The van der Waals surface area contributed by atoms with Gasteiger partial charge in [0.05, 0.1) is 21.3 Å². The quantitative estimate of drug-likeness (QED) is 0.407. The molecule has 1 unspecified atom stereocenters. The van der Waals surface area contributed by atoms with Crippen LogP contribution in [0.5, 0.6) is 5.75 Å². The van der Waals surface area contributed by atoms with Crippen molar-refractivity contribution in [3.05, 3.63) is 52.0 Å². The van der Waals surface area contributed by atoms with Gasteiger partial charge in [0.1, 0.15) is 12.0 Å². The van der Waals surface area contributed by atoms with E-state index >= 15 is 0 Å². The van der Waals surface area contributed by atoms with Crippen molar-refractivity contribution < 1.29 is 27.9 Å². The van der Waals surface area contributed by atoms with Gasteiger partial charge in [-0.15, -0.1) is 0 Å². The number of benzene rings is 2. The number of nitrogens with zero attached hydrogens (tertiary/aromatic N) is 2. The number of hydrogen-bond donors (Lipinski definition) is 3. The summed E-state index contributed by atoms with van der Waals surface area (Å²) in [5, 5.41) is 16.9. The van der Waals surface area contributed by atoms with Gasteiger partial charge in [-0.05, 0) is 50.7 Å². The Labute approximate surface area is 208 Å². The number of amides is 1. The Bertz CT molecular complexity index is 1220. The number of aromatic nitrogens is 1. The number of phenolic OH excluding ortho intramolecular Hbond substituents is 1. The summed E-state index contributed by atoms with van der Waals surface area (Å²) in [6.07, 6.45) is -2.73. The van der Waals surface area contributed by atoms with Crippen molar-refractivity contribution in [2.45, 2.75) is 32.1 Å². The largest absolute Gasteiger partial charge is 0.507 e. The molecule has 1 atom stereocenters. The highest BCUT2D eigenvalue weighted by molar-refractivity contribution is 7.22. The number of halogens is 4. The van der Waals surface area contributed by atoms with Crippen LogP contribution in [0.3, 0.4) is 0 Å². The minimum atomic E-state index is -4.47. The van der Waals surface area contributed by atoms with Gasteiger partial charge in [0, 0.05) is 36.3 Å². The molecule has 1 amide bonds. The summed E-state index contributed by atoms with van der Waals surface area (Å²) in [6.45, 7) is 3.55. The average molecular weight is 529 g/mol. The molecule has 0 radical (unpaired) electrons. The number of aromatic hydroxyl groups is 1. The molecule has 0 saturated carbocycles. The Morgan fingerprint density at radius 1 is 1.34 bits per heavy atom. The number of likely N-dealkylation sites (N-methyl/N-ethyl adjacent to an activating group) is 1. The molecule has 188 valence electrons. The number of alkyl halides is 3. The second kappa shape index (κ2) is 11.3. The molecule has 1 saturated heterocycles. The second-order valence-corrected chi connectivity index (χ2v) is 9.33. The van der Waals surface area contributed by atoms with E-state index in [-0.39, 0.29) is 16.4 Å². The number of hydrogen-bond acceptors (Lipinski definition) is 7. The van der Waals surface area contributed by atoms with Crippen molar-refractivity contribution >= 4 is 50.5 Å². The van der Waals surface area contributed by atoms with Gasteiger partial charge < -0.3 is 15.2 Å². The summed E-state index contributed by atoms with van der Waals surface area (Å²) >= 11 is 7.11. The molecule has 4 rings (SSSR count). The van der Waals surface area contributed by atoms with Crippen molar-refractivity contribution in [1.82, 2.24) is 15.2 Å². The Hall–Kier alpha value is -2.73. The maximum Gasteiger partial charge on any atom is 0.416 e. The number of fused-ring (bicyclic) bond motifs is 1. The zero-order valence-electron chi connectivity index (χ0n) is 18.9. The number of phenols is 1. The van der Waals surface area contributed by atoms with Gasteiger partial charge in [-0.2, -0.15) is 13.2 Å². The van der Waals surface area contributed by atoms with Crippen LogP contribution in [-0.2, 0) is 17.5 Å². The zero-order valence-corrected chi connectivity index (χ0v) is 20.5. The van der Waals surface area contributed by atoms with E-state index in [4.69, 9.17) is 16.4 Å². The summed E-state index contributed by atoms with van der Waals surface area (Å²) in [5.74, 6) is -0.823. The number of likely N-dealkylation sites (tertiary alicyclic amines) is 1. The lowest BCUT2D eigenvalue weighted by molar-refractivity contribution is -0.137. The molecular formula is C23H24ClF3N4O3S. The third-order valence-electron chi connectivity index (χ3n) is 5.41. The van der Waals surface area contributed by atoms with Crippen LogP contribution < -0.4 is 10.6 Å². The monoisotopic (exact) mass is 528 g/mol. The Morgan fingerprint density at radius 3 is 2.69 bits per heavy atom. The fourth-order valence-electron chi connectivity index (χ4n) is 3.72. The Morgan fingerprint density at radius 2 is 2.06 bits per heavy atom. The summed E-state index contributed by atoms with van der Waals surface area (Å²) in [7, 11) is 1.90. The first-order valence-corrected chi connectivity index (χ1v) is 11.8. The predicted octanol–water partition coefficient (Wildman–Crippen LogP) is 4.93. The maximum absolute atomic E-state index is 12.9. The fraction of sp³-hybridized carbons (Fsp3) is 0.348. The number of anilines is 1. The first kappa shape index (κ1) is 26.9. The molecule has 35 heavy (non-hydrogen) atoms. The summed E-state index contributed by atoms with van der Waals surface area (Å²) < 4.78 is 39.1. The van der Waals surface area contributed by atoms with Crippen LogP contribution in [0, 0.1) is 0 Å². The number of thiazole rings is 1. The molecular weight excluding hydrogens is 505 g/mol. The third-order valence-corrected chi connectivity index (χ3v) is 6.56. The van der Waals surface area contributed by atoms with E-state index in [9.17, 15) is 23.1 Å². The molecule has 1 aromatic heterocycles. The highest BCUT2D eigenvalue weighted by atomic mass is 35.5. The van der Waals surface area contributed by atoms with Crippen molar-refractivity contribution in [2.24, 2.45) is 0 Å². The lowest BCUT2D eigenvalue weighted by atomic mass is 10.1. The summed E-state index contributed by atoms with van der Waals surface area (Å²) in [4.78, 5) is 27.9. The number of carbonyl (C=O) groups excluding carboxylic acids is 2. The van der Waals surface area contributed by atoms with Gasteiger partial charge in [0.2, 0.25) is 0 Å². The van der Waals surface area contributed by atoms with E-state index in [0.29, 0.717) is 33.4 Å². The molecule has 0 bridgehead atoms. The molecule has 3 aromatic rings. The van der Waals surface area contributed by atoms with Crippen LogP contribution in [0.2, 0.25) is 5.02 Å². The van der Waals surface area contributed by atoms with Crippen molar-refractivity contribution in [1.29, 1.82) is 0 Å². The highest BCUT2D eigenvalue weighted by Crippen LogP contribution is 2.35. The average Bonchev–Trinajstić information content (AvgIpc) is 3.41. The van der Waals surface area contributed by atoms with E-state index in [0.717, 1.165) is 49.3 Å². The minimum Gasteiger partial charge on any atom is -0.507 e. The lowest BCUT2D eigenvalue weighted by Crippen LogP contribution is -2.29. The number of carbonyl (C=O) groups is 2. The Balaban J connectivity index is 0.00000108. The van der Waals surface area contributed by atoms with E-state index in [1.165, 1.54) is 19.1 Å². The SMILES string of the molecule is CC=O.CNC1CCN(Cc2cc(Cl)cc(C(=O)Nc3nc4ccc(C(F)(F)F)cc4s3)c2O)C1. The van der Waals surface area contributed by atoms with E-state index in [1.54, 1.807) is 6.07 Å². The van der Waals surface area contributed by atoms with Gasteiger partial charge in [0.25, 0.3) is 5.91 Å². The zero-order chi connectivity index (χ0) is 25.8. The standard InChI is InChI=1S/C21H20ClF3N4O2S.C2H4O/c1-26-14-4-5-29(10-14)9-11-6-13(22)8-15(18(11)30)19(31)28-20-27-16-3-2-12(21(23,24)25)7-17(16)32-20;1-2-3/h2-3,6-8,14,26,30H,4-5,9-10H2,1H3,(H,27,28,31);2H,1H3.